The van der Waals surface area contributed by atoms with Crippen molar-refractivity contribution in [2.75, 3.05) is 18.5 Å². The second-order valence-electron chi connectivity index (χ2n) is 4.98. The zero-order valence-electron chi connectivity index (χ0n) is 11.2. The lowest BCUT2D eigenvalue weighted by atomic mass is 10.1. The Bertz CT molecular complexity index is 442. The van der Waals surface area contributed by atoms with Gasteiger partial charge in [-0.05, 0) is 44.2 Å². The topological polar surface area (TPSA) is 64.4 Å². The van der Waals surface area contributed by atoms with Crippen molar-refractivity contribution < 1.29 is 9.66 Å². The van der Waals surface area contributed by atoms with E-state index in [4.69, 9.17) is 4.74 Å². The molecule has 0 amide bonds. The van der Waals surface area contributed by atoms with E-state index in [2.05, 4.69) is 5.32 Å². The maximum Gasteiger partial charge on any atom is 0.292 e. The molecule has 104 valence electrons. The summed E-state index contributed by atoms with van der Waals surface area (Å²) in [5.41, 5.74) is 1.75. The van der Waals surface area contributed by atoms with Crippen molar-refractivity contribution in [3.8, 4) is 0 Å². The standard InChI is InChI=1S/C14H20N2O3/c1-11-5-6-14(16(17)18)13(10-11)15-8-7-12-4-2-3-9-19-12/h5-6,10,12,15H,2-4,7-9H2,1H3. The van der Waals surface area contributed by atoms with E-state index in [-0.39, 0.29) is 10.6 Å². The summed E-state index contributed by atoms with van der Waals surface area (Å²) < 4.78 is 5.64. The molecule has 1 aliphatic rings. The Morgan fingerprint density at radius 2 is 2.32 bits per heavy atom. The molecule has 0 spiro atoms. The van der Waals surface area contributed by atoms with Crippen molar-refractivity contribution in [3.63, 3.8) is 0 Å². The fourth-order valence-corrected chi connectivity index (χ4v) is 2.35. The lowest BCUT2D eigenvalue weighted by Crippen LogP contribution is -2.22. The first-order valence-electron chi connectivity index (χ1n) is 6.77. The third kappa shape index (κ3) is 3.92. The molecular weight excluding hydrogens is 244 g/mol. The molecule has 5 heteroatoms. The Morgan fingerprint density at radius 3 is 3.00 bits per heavy atom. The van der Waals surface area contributed by atoms with E-state index < -0.39 is 0 Å². The number of ether oxygens (including phenoxy) is 1. The second-order valence-corrected chi connectivity index (χ2v) is 4.98. The largest absolute Gasteiger partial charge is 0.379 e. The molecule has 0 aliphatic carbocycles. The Kier molecular flexibility index (Phi) is 4.74. The molecule has 1 aliphatic heterocycles. The first kappa shape index (κ1) is 13.8. The fourth-order valence-electron chi connectivity index (χ4n) is 2.35. The first-order chi connectivity index (χ1) is 9.16. The lowest BCUT2D eigenvalue weighted by molar-refractivity contribution is -0.384. The highest BCUT2D eigenvalue weighted by molar-refractivity contribution is 5.62. The Hall–Kier alpha value is -1.62. The van der Waals surface area contributed by atoms with Crippen LogP contribution in [-0.4, -0.2) is 24.2 Å². The molecule has 19 heavy (non-hydrogen) atoms. The number of nitrogens with one attached hydrogen (secondary N) is 1. The van der Waals surface area contributed by atoms with Crippen LogP contribution in [0.2, 0.25) is 0 Å². The number of nitrogens with zero attached hydrogens (tertiary/aromatic N) is 1. The SMILES string of the molecule is Cc1ccc([N+](=O)[O-])c(NCCC2CCCCO2)c1. The highest BCUT2D eigenvalue weighted by Crippen LogP contribution is 2.25. The predicted molar refractivity (Wildman–Crippen MR) is 74.5 cm³/mol. The summed E-state index contributed by atoms with van der Waals surface area (Å²) in [5, 5.41) is 14.1. The maximum atomic E-state index is 10.9. The summed E-state index contributed by atoms with van der Waals surface area (Å²) in [5.74, 6) is 0. The van der Waals surface area contributed by atoms with Crippen LogP contribution in [0.3, 0.4) is 0 Å². The minimum absolute atomic E-state index is 0.134. The summed E-state index contributed by atoms with van der Waals surface area (Å²) in [7, 11) is 0. The minimum Gasteiger partial charge on any atom is -0.379 e. The van der Waals surface area contributed by atoms with Gasteiger partial charge in [0.05, 0.1) is 11.0 Å². The second kappa shape index (κ2) is 6.52. The van der Waals surface area contributed by atoms with Crippen LogP contribution in [0.25, 0.3) is 0 Å². The van der Waals surface area contributed by atoms with Gasteiger partial charge in [0.2, 0.25) is 0 Å². The molecule has 5 nitrogen and oxygen atoms in total. The van der Waals surface area contributed by atoms with Gasteiger partial charge in [-0.1, -0.05) is 6.07 Å². The van der Waals surface area contributed by atoms with Gasteiger partial charge in [-0.15, -0.1) is 0 Å². The van der Waals surface area contributed by atoms with Gasteiger partial charge in [-0.2, -0.15) is 0 Å². The van der Waals surface area contributed by atoms with Crippen LogP contribution in [0.15, 0.2) is 18.2 Å². The van der Waals surface area contributed by atoms with E-state index in [1.54, 1.807) is 12.1 Å². The molecule has 1 atom stereocenters. The number of nitro groups is 1. The molecule has 0 bridgehead atoms. The molecule has 1 aromatic carbocycles. The quantitative estimate of drug-likeness (QED) is 0.654. The third-order valence-electron chi connectivity index (χ3n) is 3.40. The highest BCUT2D eigenvalue weighted by Gasteiger charge is 2.16. The smallest absolute Gasteiger partial charge is 0.292 e. The van der Waals surface area contributed by atoms with Crippen LogP contribution in [0, 0.1) is 17.0 Å². The molecule has 1 heterocycles. The normalized spacial score (nSPS) is 19.1. The van der Waals surface area contributed by atoms with E-state index in [9.17, 15) is 10.1 Å². The van der Waals surface area contributed by atoms with E-state index >= 15 is 0 Å². The zero-order valence-corrected chi connectivity index (χ0v) is 11.2. The van der Waals surface area contributed by atoms with Crippen LogP contribution in [0.1, 0.15) is 31.2 Å². The number of rotatable bonds is 5. The van der Waals surface area contributed by atoms with Gasteiger partial charge in [0, 0.05) is 19.2 Å². The fraction of sp³-hybridized carbons (Fsp3) is 0.571. The van der Waals surface area contributed by atoms with Gasteiger partial charge in [0.25, 0.3) is 5.69 Å². The summed E-state index contributed by atoms with van der Waals surface area (Å²) in [6, 6.07) is 5.13. The Morgan fingerprint density at radius 1 is 1.47 bits per heavy atom. The molecule has 0 saturated carbocycles. The molecule has 0 radical (unpaired) electrons. The molecule has 1 N–H and O–H groups in total. The number of aryl methyl sites for hydroxylation is 1. The number of benzene rings is 1. The highest BCUT2D eigenvalue weighted by atomic mass is 16.6. The van der Waals surface area contributed by atoms with Crippen molar-refractivity contribution in [3.05, 3.63) is 33.9 Å². The lowest BCUT2D eigenvalue weighted by Gasteiger charge is -2.22. The molecule has 1 fully saturated rings. The van der Waals surface area contributed by atoms with Crippen molar-refractivity contribution >= 4 is 11.4 Å². The zero-order chi connectivity index (χ0) is 13.7. The van der Waals surface area contributed by atoms with Crippen LogP contribution in [-0.2, 0) is 4.74 Å². The average Bonchev–Trinajstić information content (AvgIpc) is 2.39. The molecule has 1 aromatic rings. The summed E-state index contributed by atoms with van der Waals surface area (Å²) >= 11 is 0. The molecule has 1 saturated heterocycles. The van der Waals surface area contributed by atoms with Crippen LogP contribution < -0.4 is 5.32 Å². The van der Waals surface area contributed by atoms with Gasteiger partial charge in [-0.3, -0.25) is 10.1 Å². The summed E-state index contributed by atoms with van der Waals surface area (Å²) in [6.07, 6.45) is 4.65. The summed E-state index contributed by atoms with van der Waals surface area (Å²) in [4.78, 5) is 10.6. The monoisotopic (exact) mass is 264 g/mol. The van der Waals surface area contributed by atoms with Crippen LogP contribution in [0.5, 0.6) is 0 Å². The van der Waals surface area contributed by atoms with Crippen LogP contribution >= 0.6 is 0 Å². The third-order valence-corrected chi connectivity index (χ3v) is 3.40. The molecular formula is C14H20N2O3. The number of hydrogen-bond acceptors (Lipinski definition) is 4. The van der Waals surface area contributed by atoms with E-state index in [1.165, 1.54) is 6.42 Å². The van der Waals surface area contributed by atoms with Gasteiger partial charge < -0.3 is 10.1 Å². The Balaban J connectivity index is 1.91. The van der Waals surface area contributed by atoms with Crippen molar-refractivity contribution in [1.29, 1.82) is 0 Å². The molecule has 2 rings (SSSR count). The summed E-state index contributed by atoms with van der Waals surface area (Å²) in [6.45, 7) is 3.48. The van der Waals surface area contributed by atoms with E-state index in [0.717, 1.165) is 31.4 Å². The van der Waals surface area contributed by atoms with Crippen molar-refractivity contribution in [1.82, 2.24) is 0 Å². The van der Waals surface area contributed by atoms with Crippen molar-refractivity contribution in [2.45, 2.75) is 38.7 Å². The van der Waals surface area contributed by atoms with Crippen molar-refractivity contribution in [2.24, 2.45) is 0 Å². The van der Waals surface area contributed by atoms with Gasteiger partial charge in [0.15, 0.2) is 0 Å². The Labute approximate surface area is 113 Å². The van der Waals surface area contributed by atoms with Gasteiger partial charge in [0.1, 0.15) is 5.69 Å². The van der Waals surface area contributed by atoms with E-state index in [1.807, 2.05) is 13.0 Å². The molecule has 0 aromatic heterocycles. The van der Waals surface area contributed by atoms with Crippen LogP contribution in [0.4, 0.5) is 11.4 Å². The van der Waals surface area contributed by atoms with E-state index in [0.29, 0.717) is 18.3 Å². The first-order valence-corrected chi connectivity index (χ1v) is 6.77. The number of anilines is 1. The molecule has 1 unspecified atom stereocenters. The van der Waals surface area contributed by atoms with Gasteiger partial charge >= 0.3 is 0 Å². The predicted octanol–water partition coefficient (Wildman–Crippen LogP) is 3.27. The minimum atomic E-state index is -0.348. The maximum absolute atomic E-state index is 10.9. The average molecular weight is 264 g/mol. The van der Waals surface area contributed by atoms with Gasteiger partial charge in [-0.25, -0.2) is 0 Å². The number of hydrogen-bond donors (Lipinski definition) is 1. The number of nitro benzene ring substituents is 1.